The molecule has 2 heterocycles. The smallest absolute Gasteiger partial charge is 0.410 e. The average Bonchev–Trinajstić information content (AvgIpc) is 2.97. The van der Waals surface area contributed by atoms with Crippen molar-refractivity contribution in [2.75, 3.05) is 53.4 Å². The molecule has 0 spiro atoms. The Morgan fingerprint density at radius 1 is 1.04 bits per heavy atom. The second-order valence-electron chi connectivity index (χ2n) is 8.17. The molecule has 0 radical (unpaired) electrons. The van der Waals surface area contributed by atoms with Crippen molar-refractivity contribution in [3.05, 3.63) is 35.9 Å². The Morgan fingerprint density at radius 3 is 2.46 bits per heavy atom. The van der Waals surface area contributed by atoms with E-state index < -0.39 is 0 Å². The molecule has 3 rings (SSSR count). The quantitative estimate of drug-likeness (QED) is 0.841. The first-order chi connectivity index (χ1) is 13.5. The number of likely N-dealkylation sites (N-methyl/N-ethyl adjacent to an activating group) is 2. The lowest BCUT2D eigenvalue weighted by atomic mass is 10.2. The summed E-state index contributed by atoms with van der Waals surface area (Å²) in [5.74, 6) is 0. The number of hydrogen-bond acceptors (Lipinski definition) is 5. The predicted octanol–water partition coefficient (Wildman–Crippen LogP) is 2.65. The molecule has 1 N–H and O–H groups in total. The average molecular weight is 391 g/mol. The van der Waals surface area contributed by atoms with E-state index in [4.69, 9.17) is 4.74 Å². The summed E-state index contributed by atoms with van der Waals surface area (Å²) in [5.41, 5.74) is 1.02. The molecular weight excluding hydrogens is 352 g/mol. The van der Waals surface area contributed by atoms with Gasteiger partial charge in [-0.2, -0.15) is 0 Å². The molecule has 1 aromatic rings. The minimum Gasteiger partial charge on any atom is -0.445 e. The topological polar surface area (TPSA) is 48.0 Å². The fraction of sp³-hybridized carbons (Fsp3) is 0.682. The Morgan fingerprint density at radius 2 is 1.71 bits per heavy atom. The summed E-state index contributed by atoms with van der Waals surface area (Å²) in [4.78, 5) is 18.6. The molecule has 6 heteroatoms. The van der Waals surface area contributed by atoms with Crippen molar-refractivity contribution in [2.45, 2.75) is 45.4 Å². The lowest BCUT2D eigenvalue weighted by molar-refractivity contribution is 0.0838. The van der Waals surface area contributed by atoms with Crippen molar-refractivity contribution in [1.82, 2.24) is 20.0 Å². The fourth-order valence-corrected chi connectivity index (χ4v) is 3.77. The van der Waals surface area contributed by atoms with Crippen molar-refractivity contribution >= 4 is 6.09 Å². The molecule has 0 aliphatic carbocycles. The molecule has 2 aliphatic rings. The molecule has 1 amide bonds. The van der Waals surface area contributed by atoms with Crippen molar-refractivity contribution in [3.8, 4) is 0 Å². The van der Waals surface area contributed by atoms with E-state index in [1.165, 1.54) is 26.1 Å². The number of nitrogens with zero attached hydrogens (tertiary/aromatic N) is 3. The van der Waals surface area contributed by atoms with E-state index in [1.807, 2.05) is 35.2 Å². The standard InChI is InChI=1S/C15H22N2O2.C7H16N2/c1-13-11-16(2)9-6-10-17(13)15(18)19-12-14-7-4-3-5-8-14;1-7-6-9(2)5-3-4-8-7/h3-5,7-8,13H,6,9-12H2,1-2H3;7-8H,3-6H2,1-2H3/t13-;7-/m00/s1. The highest BCUT2D eigenvalue weighted by atomic mass is 16.6. The maximum atomic E-state index is 12.1. The van der Waals surface area contributed by atoms with E-state index in [0.717, 1.165) is 31.6 Å². The van der Waals surface area contributed by atoms with Crippen molar-refractivity contribution in [1.29, 1.82) is 0 Å². The molecule has 28 heavy (non-hydrogen) atoms. The largest absolute Gasteiger partial charge is 0.445 e. The highest BCUT2D eigenvalue weighted by Crippen LogP contribution is 2.11. The summed E-state index contributed by atoms with van der Waals surface area (Å²) in [7, 11) is 4.28. The molecule has 2 aliphatic heterocycles. The first-order valence-corrected chi connectivity index (χ1v) is 10.5. The van der Waals surface area contributed by atoms with Crippen LogP contribution in [0, 0.1) is 0 Å². The molecular formula is C22H38N4O2. The lowest BCUT2D eigenvalue weighted by Crippen LogP contribution is -2.42. The summed E-state index contributed by atoms with van der Waals surface area (Å²) in [6.45, 7) is 11.0. The zero-order chi connectivity index (χ0) is 20.4. The lowest BCUT2D eigenvalue weighted by Gasteiger charge is -2.27. The minimum absolute atomic E-state index is 0.202. The van der Waals surface area contributed by atoms with E-state index in [2.05, 4.69) is 43.1 Å². The Hall–Kier alpha value is -1.63. The Kier molecular flexibility index (Phi) is 9.75. The van der Waals surface area contributed by atoms with Crippen LogP contribution in [0.2, 0.25) is 0 Å². The Balaban J connectivity index is 0.000000261. The highest BCUT2D eigenvalue weighted by molar-refractivity contribution is 5.68. The van der Waals surface area contributed by atoms with Crippen LogP contribution >= 0.6 is 0 Å². The zero-order valence-corrected chi connectivity index (χ0v) is 18.1. The fourth-order valence-electron chi connectivity index (χ4n) is 3.77. The molecule has 0 saturated carbocycles. The summed E-state index contributed by atoms with van der Waals surface area (Å²) < 4.78 is 5.40. The molecule has 2 saturated heterocycles. The van der Waals surface area contributed by atoms with Gasteiger partial charge in [-0.15, -0.1) is 0 Å². The number of rotatable bonds is 2. The van der Waals surface area contributed by atoms with Gasteiger partial charge in [0.2, 0.25) is 0 Å². The van der Waals surface area contributed by atoms with Crippen LogP contribution in [0.3, 0.4) is 0 Å². The summed E-state index contributed by atoms with van der Waals surface area (Å²) in [6, 6.07) is 10.7. The van der Waals surface area contributed by atoms with E-state index in [1.54, 1.807) is 0 Å². The summed E-state index contributed by atoms with van der Waals surface area (Å²) in [5, 5.41) is 3.43. The zero-order valence-electron chi connectivity index (χ0n) is 18.1. The van der Waals surface area contributed by atoms with Crippen LogP contribution in [-0.2, 0) is 11.3 Å². The van der Waals surface area contributed by atoms with Gasteiger partial charge in [0, 0.05) is 31.7 Å². The van der Waals surface area contributed by atoms with E-state index in [0.29, 0.717) is 12.6 Å². The van der Waals surface area contributed by atoms with Gasteiger partial charge in [-0.05, 0) is 66.0 Å². The molecule has 1 aromatic carbocycles. The van der Waals surface area contributed by atoms with Crippen LogP contribution in [0.1, 0.15) is 32.3 Å². The Labute approximate surface area is 170 Å². The van der Waals surface area contributed by atoms with Crippen LogP contribution < -0.4 is 5.32 Å². The van der Waals surface area contributed by atoms with Gasteiger partial charge in [-0.25, -0.2) is 4.79 Å². The maximum Gasteiger partial charge on any atom is 0.410 e. The number of benzene rings is 1. The van der Waals surface area contributed by atoms with Crippen molar-refractivity contribution in [2.24, 2.45) is 0 Å². The second-order valence-corrected chi connectivity index (χ2v) is 8.17. The van der Waals surface area contributed by atoms with Gasteiger partial charge in [0.05, 0.1) is 0 Å². The molecule has 0 bridgehead atoms. The maximum absolute atomic E-state index is 12.1. The van der Waals surface area contributed by atoms with E-state index in [-0.39, 0.29) is 12.1 Å². The normalized spacial score (nSPS) is 24.5. The molecule has 158 valence electrons. The summed E-state index contributed by atoms with van der Waals surface area (Å²) in [6.07, 6.45) is 2.09. The van der Waals surface area contributed by atoms with Gasteiger partial charge in [0.1, 0.15) is 6.61 Å². The number of hydrogen-bond donors (Lipinski definition) is 1. The number of amides is 1. The first kappa shape index (κ1) is 22.7. The number of carbonyl (C=O) groups excluding carboxylic acids is 1. The number of ether oxygens (including phenoxy) is 1. The van der Waals surface area contributed by atoms with Crippen LogP contribution in [0.4, 0.5) is 4.79 Å². The van der Waals surface area contributed by atoms with Crippen LogP contribution in [-0.4, -0.2) is 86.2 Å². The van der Waals surface area contributed by atoms with Crippen molar-refractivity contribution in [3.63, 3.8) is 0 Å². The monoisotopic (exact) mass is 390 g/mol. The SMILES string of the molecule is C[C@H]1CN(C)CCCN1.C[C@H]1CN(C)CCCN1C(=O)OCc1ccccc1. The van der Waals surface area contributed by atoms with E-state index >= 15 is 0 Å². The summed E-state index contributed by atoms with van der Waals surface area (Å²) >= 11 is 0. The first-order valence-electron chi connectivity index (χ1n) is 10.5. The minimum atomic E-state index is -0.202. The van der Waals surface area contributed by atoms with Gasteiger partial charge < -0.3 is 24.8 Å². The van der Waals surface area contributed by atoms with E-state index in [9.17, 15) is 4.79 Å². The second kappa shape index (κ2) is 12.0. The number of carbonyl (C=O) groups is 1. The van der Waals surface area contributed by atoms with Gasteiger partial charge in [-0.1, -0.05) is 30.3 Å². The molecule has 2 fully saturated rings. The molecule has 0 unspecified atom stereocenters. The third-order valence-electron chi connectivity index (χ3n) is 5.28. The highest BCUT2D eigenvalue weighted by Gasteiger charge is 2.24. The van der Waals surface area contributed by atoms with Crippen LogP contribution in [0.5, 0.6) is 0 Å². The van der Waals surface area contributed by atoms with Gasteiger partial charge in [0.15, 0.2) is 0 Å². The van der Waals surface area contributed by atoms with Crippen LogP contribution in [0.25, 0.3) is 0 Å². The van der Waals surface area contributed by atoms with Gasteiger partial charge in [0.25, 0.3) is 0 Å². The van der Waals surface area contributed by atoms with Gasteiger partial charge >= 0.3 is 6.09 Å². The molecule has 2 atom stereocenters. The van der Waals surface area contributed by atoms with Crippen molar-refractivity contribution < 1.29 is 9.53 Å². The third-order valence-corrected chi connectivity index (χ3v) is 5.28. The molecule has 6 nitrogen and oxygen atoms in total. The predicted molar refractivity (Wildman–Crippen MR) is 114 cm³/mol. The Bertz CT molecular complexity index is 559. The van der Waals surface area contributed by atoms with Gasteiger partial charge in [-0.3, -0.25) is 0 Å². The van der Waals surface area contributed by atoms with Crippen LogP contribution in [0.15, 0.2) is 30.3 Å². The third kappa shape index (κ3) is 8.17. The number of nitrogens with one attached hydrogen (secondary N) is 1. The molecule has 0 aromatic heterocycles.